The zero-order valence-electron chi connectivity index (χ0n) is 13.3. The molecule has 0 aliphatic carbocycles. The Morgan fingerprint density at radius 1 is 1.33 bits per heavy atom. The lowest BCUT2D eigenvalue weighted by atomic mass is 10.0. The predicted molar refractivity (Wildman–Crippen MR) is 84.4 cm³/mol. The molecule has 1 aromatic carbocycles. The summed E-state index contributed by atoms with van der Waals surface area (Å²) in [5, 5.41) is 5.42. The molecule has 8 heteroatoms. The van der Waals surface area contributed by atoms with E-state index in [9.17, 15) is 14.4 Å². The fourth-order valence-corrected chi connectivity index (χ4v) is 3.26. The van der Waals surface area contributed by atoms with Gasteiger partial charge < -0.3 is 21.1 Å². The third-order valence-electron chi connectivity index (χ3n) is 4.26. The van der Waals surface area contributed by atoms with Gasteiger partial charge in [-0.25, -0.2) is 0 Å². The van der Waals surface area contributed by atoms with Gasteiger partial charge in [-0.05, 0) is 12.6 Å². The molecule has 1 fully saturated rings. The van der Waals surface area contributed by atoms with Crippen LogP contribution >= 0.6 is 0 Å². The molecule has 4 N–H and O–H groups in total. The van der Waals surface area contributed by atoms with Gasteiger partial charge in [0, 0.05) is 12.0 Å². The Hall–Kier alpha value is -2.45. The second kappa shape index (κ2) is 6.58. The smallest absolute Gasteiger partial charge is 0.248 e. The zero-order valence-corrected chi connectivity index (χ0v) is 13.3. The second-order valence-electron chi connectivity index (χ2n) is 5.84. The quantitative estimate of drug-likeness (QED) is 0.666. The molecule has 1 saturated heterocycles. The molecule has 1 aromatic rings. The van der Waals surface area contributed by atoms with E-state index in [0.29, 0.717) is 12.0 Å². The average Bonchev–Trinajstić information content (AvgIpc) is 2.80. The van der Waals surface area contributed by atoms with Crippen molar-refractivity contribution in [3.8, 4) is 0 Å². The van der Waals surface area contributed by atoms with Crippen LogP contribution in [0.4, 0.5) is 0 Å². The summed E-state index contributed by atoms with van der Waals surface area (Å²) < 4.78 is 5.81. The monoisotopic (exact) mass is 332 g/mol. The molecule has 2 aliphatic rings. The standard InChI is InChI=1S/C16H20N4O4/c1-18-8-12(21)19-11-6-7-24-16-10-5-3-2-4-9(10)13(14(17)22)20(16)15(11)23/h2-5,11,13,16,18H,6-8H2,1H3,(H2,17,22)(H,19,21). The average molecular weight is 332 g/mol. The molecule has 0 spiro atoms. The SMILES string of the molecule is CNCC(=O)NC1CCOC2c3ccccc3C(C(N)=O)N2C1=O. The van der Waals surface area contributed by atoms with Crippen molar-refractivity contribution in [1.82, 2.24) is 15.5 Å². The molecule has 128 valence electrons. The molecule has 8 nitrogen and oxygen atoms in total. The molecule has 3 unspecified atom stereocenters. The van der Waals surface area contributed by atoms with Gasteiger partial charge >= 0.3 is 0 Å². The largest absolute Gasteiger partial charge is 0.368 e. The Kier molecular flexibility index (Phi) is 4.50. The first-order valence-electron chi connectivity index (χ1n) is 7.80. The minimum absolute atomic E-state index is 0.105. The number of nitrogens with zero attached hydrogens (tertiary/aromatic N) is 1. The lowest BCUT2D eigenvalue weighted by Crippen LogP contribution is -2.50. The Morgan fingerprint density at radius 2 is 2.04 bits per heavy atom. The Morgan fingerprint density at radius 3 is 2.71 bits per heavy atom. The minimum atomic E-state index is -0.888. The fraction of sp³-hybridized carbons (Fsp3) is 0.438. The number of primary amides is 1. The van der Waals surface area contributed by atoms with Crippen molar-refractivity contribution in [2.75, 3.05) is 20.2 Å². The van der Waals surface area contributed by atoms with Gasteiger partial charge in [0.2, 0.25) is 17.7 Å². The molecular weight excluding hydrogens is 312 g/mol. The molecule has 3 amide bonds. The summed E-state index contributed by atoms with van der Waals surface area (Å²) in [5.41, 5.74) is 6.97. The first-order valence-corrected chi connectivity index (χ1v) is 7.80. The van der Waals surface area contributed by atoms with E-state index in [-0.39, 0.29) is 25.0 Å². The summed E-state index contributed by atoms with van der Waals surface area (Å²) in [6.45, 7) is 0.394. The van der Waals surface area contributed by atoms with Gasteiger partial charge in [0.25, 0.3) is 0 Å². The third kappa shape index (κ3) is 2.74. The molecule has 0 bridgehead atoms. The topological polar surface area (TPSA) is 114 Å². The number of likely N-dealkylation sites (N-methyl/N-ethyl adjacent to an activating group) is 1. The molecule has 24 heavy (non-hydrogen) atoms. The highest BCUT2D eigenvalue weighted by atomic mass is 16.5. The van der Waals surface area contributed by atoms with Crippen molar-refractivity contribution in [3.63, 3.8) is 0 Å². The highest BCUT2D eigenvalue weighted by Crippen LogP contribution is 2.44. The summed E-state index contributed by atoms with van der Waals surface area (Å²) in [6, 6.07) is 5.57. The van der Waals surface area contributed by atoms with Crippen LogP contribution in [0.5, 0.6) is 0 Å². The summed E-state index contributed by atoms with van der Waals surface area (Å²) in [4.78, 5) is 38.1. The van der Waals surface area contributed by atoms with E-state index in [2.05, 4.69) is 10.6 Å². The van der Waals surface area contributed by atoms with Crippen molar-refractivity contribution < 1.29 is 19.1 Å². The summed E-state index contributed by atoms with van der Waals surface area (Å²) in [6.07, 6.45) is -0.313. The number of ether oxygens (including phenoxy) is 1. The van der Waals surface area contributed by atoms with Gasteiger partial charge in [0.15, 0.2) is 6.23 Å². The van der Waals surface area contributed by atoms with Crippen LogP contribution in [-0.2, 0) is 19.1 Å². The van der Waals surface area contributed by atoms with Crippen LogP contribution in [0.2, 0.25) is 0 Å². The summed E-state index contributed by atoms with van der Waals surface area (Å²) >= 11 is 0. The highest BCUT2D eigenvalue weighted by Gasteiger charge is 2.48. The van der Waals surface area contributed by atoms with Crippen molar-refractivity contribution in [2.45, 2.75) is 24.7 Å². The maximum atomic E-state index is 13.0. The lowest BCUT2D eigenvalue weighted by Gasteiger charge is -2.29. The molecule has 2 aliphatic heterocycles. The highest BCUT2D eigenvalue weighted by molar-refractivity contribution is 5.94. The van der Waals surface area contributed by atoms with Gasteiger partial charge in [-0.3, -0.25) is 19.3 Å². The van der Waals surface area contributed by atoms with Crippen LogP contribution < -0.4 is 16.4 Å². The molecule has 0 aromatic heterocycles. The second-order valence-corrected chi connectivity index (χ2v) is 5.84. The van der Waals surface area contributed by atoms with E-state index in [1.54, 1.807) is 19.2 Å². The van der Waals surface area contributed by atoms with Crippen LogP contribution in [0.25, 0.3) is 0 Å². The summed E-state index contributed by atoms with van der Waals surface area (Å²) in [7, 11) is 1.65. The van der Waals surface area contributed by atoms with Gasteiger partial charge in [-0.15, -0.1) is 0 Å². The van der Waals surface area contributed by atoms with Gasteiger partial charge in [-0.1, -0.05) is 24.3 Å². The van der Waals surface area contributed by atoms with Crippen LogP contribution in [0.1, 0.15) is 29.8 Å². The van der Waals surface area contributed by atoms with Crippen molar-refractivity contribution in [2.24, 2.45) is 5.73 Å². The Balaban J connectivity index is 1.92. The number of amides is 3. The van der Waals surface area contributed by atoms with Gasteiger partial charge in [0.1, 0.15) is 12.1 Å². The zero-order chi connectivity index (χ0) is 17.3. The normalized spacial score (nSPS) is 25.6. The van der Waals surface area contributed by atoms with E-state index < -0.39 is 24.2 Å². The number of fused-ring (bicyclic) bond motifs is 3. The summed E-state index contributed by atoms with van der Waals surface area (Å²) in [5.74, 6) is -1.27. The van der Waals surface area contributed by atoms with E-state index in [0.717, 1.165) is 5.56 Å². The number of nitrogens with one attached hydrogen (secondary N) is 2. The number of nitrogens with two attached hydrogens (primary N) is 1. The van der Waals surface area contributed by atoms with Crippen molar-refractivity contribution >= 4 is 17.7 Å². The van der Waals surface area contributed by atoms with E-state index in [4.69, 9.17) is 10.5 Å². The predicted octanol–water partition coefficient (Wildman–Crippen LogP) is -0.822. The number of hydrogen-bond acceptors (Lipinski definition) is 5. The number of hydrogen-bond donors (Lipinski definition) is 3. The van der Waals surface area contributed by atoms with E-state index >= 15 is 0 Å². The Bertz CT molecular complexity index is 678. The minimum Gasteiger partial charge on any atom is -0.368 e. The van der Waals surface area contributed by atoms with Crippen LogP contribution in [0, 0.1) is 0 Å². The maximum Gasteiger partial charge on any atom is 0.248 e. The van der Waals surface area contributed by atoms with Gasteiger partial charge in [-0.2, -0.15) is 0 Å². The fourth-order valence-electron chi connectivity index (χ4n) is 3.26. The Labute approximate surface area is 139 Å². The van der Waals surface area contributed by atoms with Crippen LogP contribution in [0.3, 0.4) is 0 Å². The first-order chi connectivity index (χ1) is 11.5. The van der Waals surface area contributed by atoms with Crippen LogP contribution in [0.15, 0.2) is 24.3 Å². The van der Waals surface area contributed by atoms with Crippen LogP contribution in [-0.4, -0.2) is 48.9 Å². The first kappa shape index (κ1) is 16.4. The van der Waals surface area contributed by atoms with E-state index in [1.807, 2.05) is 12.1 Å². The van der Waals surface area contributed by atoms with Gasteiger partial charge in [0.05, 0.1) is 13.2 Å². The molecule has 3 atom stereocenters. The number of carbonyl (C=O) groups is 3. The number of carbonyl (C=O) groups excluding carboxylic acids is 3. The van der Waals surface area contributed by atoms with Crippen molar-refractivity contribution in [3.05, 3.63) is 35.4 Å². The molecular formula is C16H20N4O4. The van der Waals surface area contributed by atoms with E-state index in [1.165, 1.54) is 4.90 Å². The molecule has 2 heterocycles. The number of benzene rings is 1. The third-order valence-corrected chi connectivity index (χ3v) is 4.26. The van der Waals surface area contributed by atoms with Crippen molar-refractivity contribution in [1.29, 1.82) is 0 Å². The number of rotatable bonds is 4. The molecule has 0 radical (unpaired) electrons. The molecule has 3 rings (SSSR count). The molecule has 0 saturated carbocycles. The maximum absolute atomic E-state index is 13.0. The lowest BCUT2D eigenvalue weighted by molar-refractivity contribution is -0.151.